The van der Waals surface area contributed by atoms with Gasteiger partial charge in [-0.05, 0) is 18.6 Å². The van der Waals surface area contributed by atoms with Crippen molar-refractivity contribution in [2.45, 2.75) is 19.8 Å². The van der Waals surface area contributed by atoms with Crippen molar-refractivity contribution in [1.29, 1.82) is 0 Å². The highest BCUT2D eigenvalue weighted by molar-refractivity contribution is 7.91. The molecule has 0 heterocycles. The molecule has 1 aromatic rings. The number of nitrogens with one attached hydrogen (secondary N) is 1. The lowest BCUT2D eigenvalue weighted by atomic mass is 10.2. The maximum Gasteiger partial charge on any atom is 0.225 e. The zero-order valence-corrected chi connectivity index (χ0v) is 12.5. The summed E-state index contributed by atoms with van der Waals surface area (Å²) in [5, 5.41) is 2.62. The number of anilines is 2. The van der Waals surface area contributed by atoms with Gasteiger partial charge in [0.25, 0.3) is 0 Å². The van der Waals surface area contributed by atoms with E-state index < -0.39 is 9.84 Å². The average Bonchev–Trinajstić information content (AvgIpc) is 2.38. The fourth-order valence-electron chi connectivity index (χ4n) is 1.69. The number of nitrogen functional groups attached to an aromatic ring is 1. The lowest BCUT2D eigenvalue weighted by Crippen LogP contribution is -2.19. The minimum absolute atomic E-state index is 0.0735. The fourth-order valence-corrected chi connectivity index (χ4v) is 3.01. The maximum absolute atomic E-state index is 11.8. The van der Waals surface area contributed by atoms with E-state index in [9.17, 15) is 13.2 Å². The number of hydrogen-bond acceptors (Lipinski definition) is 5. The molecule has 0 bridgehead atoms. The Morgan fingerprint density at radius 1 is 1.35 bits per heavy atom. The third kappa shape index (κ3) is 5.08. The zero-order valence-electron chi connectivity index (χ0n) is 11.7. The molecular weight excluding hydrogens is 280 g/mol. The molecule has 112 valence electrons. The van der Waals surface area contributed by atoms with Gasteiger partial charge in [0.1, 0.15) is 5.75 Å². The Morgan fingerprint density at radius 2 is 2.05 bits per heavy atom. The summed E-state index contributed by atoms with van der Waals surface area (Å²) in [7, 11) is -1.69. The molecule has 0 radical (unpaired) electrons. The Labute approximate surface area is 119 Å². The van der Waals surface area contributed by atoms with Gasteiger partial charge in [0.15, 0.2) is 9.84 Å². The minimum Gasteiger partial charge on any atom is -0.494 e. The quantitative estimate of drug-likeness (QED) is 0.742. The lowest BCUT2D eigenvalue weighted by molar-refractivity contribution is -0.115. The van der Waals surface area contributed by atoms with E-state index in [1.54, 1.807) is 25.1 Å². The van der Waals surface area contributed by atoms with Crippen LogP contribution in [0.25, 0.3) is 0 Å². The number of rotatable bonds is 7. The largest absolute Gasteiger partial charge is 0.494 e. The van der Waals surface area contributed by atoms with E-state index in [1.165, 1.54) is 7.11 Å². The van der Waals surface area contributed by atoms with Crippen molar-refractivity contribution < 1.29 is 17.9 Å². The fraction of sp³-hybridized carbons (Fsp3) is 0.462. The average molecular weight is 300 g/mol. The van der Waals surface area contributed by atoms with E-state index in [4.69, 9.17) is 10.5 Å². The Hall–Kier alpha value is -1.76. The number of nitrogens with two attached hydrogens (primary N) is 1. The highest BCUT2D eigenvalue weighted by Gasteiger charge is 2.14. The number of carbonyl (C=O) groups is 1. The molecule has 1 rings (SSSR count). The number of amides is 1. The van der Waals surface area contributed by atoms with Crippen LogP contribution < -0.4 is 15.8 Å². The summed E-state index contributed by atoms with van der Waals surface area (Å²) >= 11 is 0. The number of ether oxygens (including phenoxy) is 1. The molecule has 0 aliphatic carbocycles. The normalized spacial score (nSPS) is 11.1. The van der Waals surface area contributed by atoms with Gasteiger partial charge >= 0.3 is 0 Å². The van der Waals surface area contributed by atoms with Gasteiger partial charge in [0, 0.05) is 23.9 Å². The summed E-state index contributed by atoms with van der Waals surface area (Å²) < 4.78 is 28.2. The predicted octanol–water partition coefficient (Wildman–Crippen LogP) is 1.43. The first-order valence-electron chi connectivity index (χ1n) is 6.31. The van der Waals surface area contributed by atoms with Gasteiger partial charge in [-0.25, -0.2) is 8.42 Å². The number of hydrogen-bond donors (Lipinski definition) is 2. The second-order valence-corrected chi connectivity index (χ2v) is 6.71. The molecule has 7 heteroatoms. The molecule has 0 spiro atoms. The zero-order chi connectivity index (χ0) is 15.2. The van der Waals surface area contributed by atoms with Gasteiger partial charge in [0.05, 0.1) is 18.6 Å². The SMILES string of the molecule is CCCS(=O)(=O)CCC(=O)Nc1ccc(N)cc1OC. The van der Waals surface area contributed by atoms with E-state index >= 15 is 0 Å². The highest BCUT2D eigenvalue weighted by Crippen LogP contribution is 2.26. The molecule has 0 aromatic heterocycles. The van der Waals surface area contributed by atoms with Crippen LogP contribution in [-0.2, 0) is 14.6 Å². The van der Waals surface area contributed by atoms with Crippen LogP contribution in [0.15, 0.2) is 18.2 Å². The van der Waals surface area contributed by atoms with Crippen LogP contribution in [0.5, 0.6) is 5.75 Å². The van der Waals surface area contributed by atoms with Crippen molar-refractivity contribution >= 4 is 27.1 Å². The van der Waals surface area contributed by atoms with Crippen molar-refractivity contribution in [3.63, 3.8) is 0 Å². The van der Waals surface area contributed by atoms with Crippen LogP contribution in [0.2, 0.25) is 0 Å². The number of carbonyl (C=O) groups excluding carboxylic acids is 1. The first-order chi connectivity index (χ1) is 9.38. The smallest absolute Gasteiger partial charge is 0.225 e. The summed E-state index contributed by atoms with van der Waals surface area (Å²) in [5.74, 6) is 0.0256. The summed E-state index contributed by atoms with van der Waals surface area (Å²) in [6, 6.07) is 4.84. The van der Waals surface area contributed by atoms with Gasteiger partial charge in [-0.3, -0.25) is 4.79 Å². The molecule has 0 aliphatic heterocycles. The maximum atomic E-state index is 11.8. The second kappa shape index (κ2) is 7.14. The molecule has 6 nitrogen and oxygen atoms in total. The number of benzene rings is 1. The van der Waals surface area contributed by atoms with E-state index in [0.717, 1.165) is 0 Å². The van der Waals surface area contributed by atoms with Crippen LogP contribution in [0.4, 0.5) is 11.4 Å². The summed E-state index contributed by atoms with van der Waals surface area (Å²) in [6.45, 7) is 1.79. The van der Waals surface area contributed by atoms with Gasteiger partial charge in [-0.2, -0.15) is 0 Å². The Kier molecular flexibility index (Phi) is 5.82. The third-order valence-corrected chi connectivity index (χ3v) is 4.51. The molecule has 1 aromatic carbocycles. The van der Waals surface area contributed by atoms with E-state index in [-0.39, 0.29) is 23.8 Å². The summed E-state index contributed by atoms with van der Waals surface area (Å²) in [6.07, 6.45) is 0.478. The first-order valence-corrected chi connectivity index (χ1v) is 8.14. The molecule has 0 aliphatic rings. The van der Waals surface area contributed by atoms with E-state index in [2.05, 4.69) is 5.32 Å². The standard InChI is InChI=1S/C13H20N2O4S/c1-3-7-20(17,18)8-6-13(16)15-11-5-4-10(14)9-12(11)19-2/h4-5,9H,3,6-8,14H2,1-2H3,(H,15,16). The lowest BCUT2D eigenvalue weighted by Gasteiger charge is -2.10. The molecule has 0 saturated heterocycles. The van der Waals surface area contributed by atoms with Crippen LogP contribution in [0, 0.1) is 0 Å². The topological polar surface area (TPSA) is 98.5 Å². The van der Waals surface area contributed by atoms with Gasteiger partial charge in [-0.15, -0.1) is 0 Å². The van der Waals surface area contributed by atoms with E-state index in [1.807, 2.05) is 0 Å². The first kappa shape index (κ1) is 16.3. The van der Waals surface area contributed by atoms with Crippen LogP contribution >= 0.6 is 0 Å². The van der Waals surface area contributed by atoms with Crippen molar-refractivity contribution in [2.24, 2.45) is 0 Å². The highest BCUT2D eigenvalue weighted by atomic mass is 32.2. The Bertz CT molecular complexity index is 570. The van der Waals surface area contributed by atoms with Crippen molar-refractivity contribution in [1.82, 2.24) is 0 Å². The molecule has 20 heavy (non-hydrogen) atoms. The second-order valence-electron chi connectivity index (χ2n) is 4.41. The number of sulfone groups is 1. The van der Waals surface area contributed by atoms with Crippen molar-refractivity contribution in [3.8, 4) is 5.75 Å². The van der Waals surface area contributed by atoms with Crippen molar-refractivity contribution in [3.05, 3.63) is 18.2 Å². The predicted molar refractivity (Wildman–Crippen MR) is 79.6 cm³/mol. The van der Waals surface area contributed by atoms with Crippen LogP contribution in [0.3, 0.4) is 0 Å². The van der Waals surface area contributed by atoms with Crippen LogP contribution in [-0.4, -0.2) is 32.9 Å². The van der Waals surface area contributed by atoms with Crippen molar-refractivity contribution in [2.75, 3.05) is 29.7 Å². The Balaban J connectivity index is 2.63. The van der Waals surface area contributed by atoms with Gasteiger partial charge in [-0.1, -0.05) is 6.92 Å². The minimum atomic E-state index is -3.15. The molecule has 1 amide bonds. The summed E-state index contributed by atoms with van der Waals surface area (Å²) in [4.78, 5) is 11.8. The van der Waals surface area contributed by atoms with E-state index in [0.29, 0.717) is 23.5 Å². The molecular formula is C13H20N2O4S. The summed E-state index contributed by atoms with van der Waals surface area (Å²) in [5.41, 5.74) is 6.60. The molecule has 0 atom stereocenters. The van der Waals surface area contributed by atoms with Gasteiger partial charge < -0.3 is 15.8 Å². The third-order valence-electron chi connectivity index (χ3n) is 2.65. The molecule has 3 N–H and O–H groups in total. The van der Waals surface area contributed by atoms with Gasteiger partial charge in [0.2, 0.25) is 5.91 Å². The number of methoxy groups -OCH3 is 1. The molecule has 0 fully saturated rings. The monoisotopic (exact) mass is 300 g/mol. The molecule has 0 unspecified atom stereocenters. The molecule has 0 saturated carbocycles. The van der Waals surface area contributed by atoms with Crippen LogP contribution in [0.1, 0.15) is 19.8 Å². The Morgan fingerprint density at radius 3 is 2.65 bits per heavy atom.